The van der Waals surface area contributed by atoms with Crippen molar-refractivity contribution in [3.05, 3.63) is 52.1 Å². The minimum Gasteiger partial charge on any atom is -0.497 e. The van der Waals surface area contributed by atoms with E-state index in [0.717, 1.165) is 15.8 Å². The number of aromatic nitrogens is 1. The molecule has 0 N–H and O–H groups in total. The van der Waals surface area contributed by atoms with Gasteiger partial charge in [0.1, 0.15) is 17.6 Å². The Kier molecular flexibility index (Phi) is 4.59. The van der Waals surface area contributed by atoms with Crippen LogP contribution in [0.5, 0.6) is 5.75 Å². The third-order valence-corrected chi connectivity index (χ3v) is 3.33. The summed E-state index contributed by atoms with van der Waals surface area (Å²) in [7, 11) is 3.56. The van der Waals surface area contributed by atoms with Crippen LogP contribution in [0, 0.1) is 11.3 Å². The first-order chi connectivity index (χ1) is 9.63. The Morgan fingerprint density at radius 2 is 2.05 bits per heavy atom. The van der Waals surface area contributed by atoms with Crippen LogP contribution in [0.3, 0.4) is 0 Å². The Hall–Kier alpha value is -2.06. The average Bonchev–Trinajstić information content (AvgIpc) is 2.47. The van der Waals surface area contributed by atoms with Crippen LogP contribution in [0.4, 0.5) is 5.82 Å². The summed E-state index contributed by atoms with van der Waals surface area (Å²) >= 11 is 3.32. The molecular weight excluding hydrogens is 318 g/mol. The van der Waals surface area contributed by atoms with Crippen LogP contribution in [0.1, 0.15) is 11.1 Å². The standard InChI is InChI=1S/C15H14BrN3O/c1-19(10-11-3-5-14(20-2)6-4-11)15-12(8-17)7-13(16)9-18-15/h3-7,9H,10H2,1-2H3. The number of nitrogens with zero attached hydrogens (tertiary/aromatic N) is 3. The van der Waals surface area contributed by atoms with E-state index in [2.05, 4.69) is 27.0 Å². The molecule has 2 rings (SSSR count). The number of rotatable bonds is 4. The molecule has 0 fully saturated rings. The summed E-state index contributed by atoms with van der Waals surface area (Å²) in [5, 5.41) is 9.17. The van der Waals surface area contributed by atoms with Crippen LogP contribution in [0.15, 0.2) is 41.0 Å². The summed E-state index contributed by atoms with van der Waals surface area (Å²) < 4.78 is 5.94. The number of nitriles is 1. The van der Waals surface area contributed by atoms with Gasteiger partial charge in [-0.3, -0.25) is 0 Å². The quantitative estimate of drug-likeness (QED) is 0.861. The number of ether oxygens (including phenoxy) is 1. The molecule has 0 bridgehead atoms. The van der Waals surface area contributed by atoms with Gasteiger partial charge in [0, 0.05) is 24.3 Å². The van der Waals surface area contributed by atoms with Gasteiger partial charge >= 0.3 is 0 Å². The molecule has 1 heterocycles. The topological polar surface area (TPSA) is 49.1 Å². The molecule has 0 saturated carbocycles. The highest BCUT2D eigenvalue weighted by atomic mass is 79.9. The van der Waals surface area contributed by atoms with Gasteiger partial charge in [-0.15, -0.1) is 0 Å². The second-order valence-corrected chi connectivity index (χ2v) is 5.26. The van der Waals surface area contributed by atoms with Gasteiger partial charge in [0.2, 0.25) is 0 Å². The average molecular weight is 332 g/mol. The number of methoxy groups -OCH3 is 1. The minimum atomic E-state index is 0.551. The van der Waals surface area contributed by atoms with Crippen LogP contribution in [-0.2, 0) is 6.54 Å². The fourth-order valence-corrected chi connectivity index (χ4v) is 2.23. The highest BCUT2D eigenvalue weighted by Crippen LogP contribution is 2.22. The third kappa shape index (κ3) is 3.28. The van der Waals surface area contributed by atoms with Gasteiger partial charge in [-0.2, -0.15) is 5.26 Å². The second kappa shape index (κ2) is 6.40. The molecule has 4 nitrogen and oxygen atoms in total. The van der Waals surface area contributed by atoms with Gasteiger partial charge in [-0.05, 0) is 39.7 Å². The molecule has 0 saturated heterocycles. The summed E-state index contributed by atoms with van der Waals surface area (Å²) in [5.74, 6) is 1.50. The van der Waals surface area contributed by atoms with Crippen LogP contribution in [-0.4, -0.2) is 19.1 Å². The van der Waals surface area contributed by atoms with E-state index in [1.54, 1.807) is 19.4 Å². The highest BCUT2D eigenvalue weighted by molar-refractivity contribution is 9.10. The largest absolute Gasteiger partial charge is 0.497 e. The van der Waals surface area contributed by atoms with Crippen LogP contribution in [0.2, 0.25) is 0 Å². The van der Waals surface area contributed by atoms with Gasteiger partial charge < -0.3 is 9.64 Å². The monoisotopic (exact) mass is 331 g/mol. The molecule has 0 radical (unpaired) electrons. The van der Waals surface area contributed by atoms with Crippen molar-refractivity contribution in [2.24, 2.45) is 0 Å². The first-order valence-corrected chi connectivity index (χ1v) is 6.83. The van der Waals surface area contributed by atoms with Crippen molar-refractivity contribution < 1.29 is 4.74 Å². The van der Waals surface area contributed by atoms with Crippen molar-refractivity contribution in [1.29, 1.82) is 5.26 Å². The smallest absolute Gasteiger partial charge is 0.146 e. The van der Waals surface area contributed by atoms with Gasteiger partial charge in [0.25, 0.3) is 0 Å². The normalized spacial score (nSPS) is 9.90. The van der Waals surface area contributed by atoms with E-state index < -0.39 is 0 Å². The predicted molar refractivity (Wildman–Crippen MR) is 81.8 cm³/mol. The summed E-state index contributed by atoms with van der Waals surface area (Å²) in [6.45, 7) is 0.674. The highest BCUT2D eigenvalue weighted by Gasteiger charge is 2.10. The second-order valence-electron chi connectivity index (χ2n) is 4.34. The molecule has 2 aromatic rings. The molecule has 0 aliphatic carbocycles. The Bertz CT molecular complexity index is 635. The van der Waals surface area contributed by atoms with E-state index in [4.69, 9.17) is 4.74 Å². The SMILES string of the molecule is COc1ccc(CN(C)c2ncc(Br)cc2C#N)cc1. The maximum Gasteiger partial charge on any atom is 0.146 e. The van der Waals surface area contributed by atoms with Crippen molar-refractivity contribution in [2.75, 3.05) is 19.1 Å². The summed E-state index contributed by atoms with van der Waals surface area (Å²) in [6.07, 6.45) is 1.70. The maximum atomic E-state index is 9.17. The summed E-state index contributed by atoms with van der Waals surface area (Å²) in [5.41, 5.74) is 1.68. The summed E-state index contributed by atoms with van der Waals surface area (Å²) in [6, 6.07) is 11.8. The number of halogens is 1. The molecule has 1 aromatic heterocycles. The maximum absolute atomic E-state index is 9.17. The zero-order chi connectivity index (χ0) is 14.5. The molecule has 0 aliphatic rings. The fourth-order valence-electron chi connectivity index (χ4n) is 1.90. The van der Waals surface area contributed by atoms with E-state index in [1.165, 1.54) is 0 Å². The molecule has 1 aromatic carbocycles. The van der Waals surface area contributed by atoms with Crippen molar-refractivity contribution in [3.63, 3.8) is 0 Å². The van der Waals surface area contributed by atoms with Crippen LogP contribution < -0.4 is 9.64 Å². The Labute approximate surface area is 126 Å². The number of benzene rings is 1. The Morgan fingerprint density at radius 1 is 1.35 bits per heavy atom. The van der Waals surface area contributed by atoms with E-state index in [0.29, 0.717) is 17.9 Å². The lowest BCUT2D eigenvalue weighted by molar-refractivity contribution is 0.414. The molecular formula is C15H14BrN3O. The molecule has 5 heteroatoms. The van der Waals surface area contributed by atoms with E-state index in [-0.39, 0.29) is 0 Å². The molecule has 0 aliphatic heterocycles. The summed E-state index contributed by atoms with van der Waals surface area (Å²) in [4.78, 5) is 6.26. The number of hydrogen-bond acceptors (Lipinski definition) is 4. The first kappa shape index (κ1) is 14.4. The van der Waals surface area contributed by atoms with Crippen LogP contribution in [0.25, 0.3) is 0 Å². The van der Waals surface area contributed by atoms with E-state index in [9.17, 15) is 5.26 Å². The first-order valence-electron chi connectivity index (χ1n) is 6.03. The number of hydrogen-bond donors (Lipinski definition) is 0. The molecule has 0 unspecified atom stereocenters. The molecule has 20 heavy (non-hydrogen) atoms. The lowest BCUT2D eigenvalue weighted by atomic mass is 10.2. The van der Waals surface area contributed by atoms with Gasteiger partial charge in [0.15, 0.2) is 0 Å². The molecule has 0 atom stereocenters. The van der Waals surface area contributed by atoms with Gasteiger partial charge in [-0.25, -0.2) is 4.98 Å². The third-order valence-electron chi connectivity index (χ3n) is 2.89. The number of anilines is 1. The molecule has 102 valence electrons. The van der Waals surface area contributed by atoms with E-state index >= 15 is 0 Å². The molecule has 0 spiro atoms. The lowest BCUT2D eigenvalue weighted by Crippen LogP contribution is -2.18. The van der Waals surface area contributed by atoms with Gasteiger partial charge in [0.05, 0.1) is 12.7 Å². The van der Waals surface area contributed by atoms with Gasteiger partial charge in [-0.1, -0.05) is 12.1 Å². The van der Waals surface area contributed by atoms with Crippen molar-refractivity contribution in [2.45, 2.75) is 6.54 Å². The van der Waals surface area contributed by atoms with Crippen molar-refractivity contribution in [3.8, 4) is 11.8 Å². The van der Waals surface area contributed by atoms with Crippen LogP contribution >= 0.6 is 15.9 Å². The lowest BCUT2D eigenvalue weighted by Gasteiger charge is -2.19. The Morgan fingerprint density at radius 3 is 2.65 bits per heavy atom. The molecule has 0 amide bonds. The zero-order valence-corrected chi connectivity index (χ0v) is 12.9. The van der Waals surface area contributed by atoms with Crippen molar-refractivity contribution >= 4 is 21.7 Å². The van der Waals surface area contributed by atoms with E-state index in [1.807, 2.05) is 36.2 Å². The Balaban J connectivity index is 2.19. The zero-order valence-electron chi connectivity index (χ0n) is 11.3. The predicted octanol–water partition coefficient (Wildman–Crippen LogP) is 3.36. The van der Waals surface area contributed by atoms with Crippen molar-refractivity contribution in [1.82, 2.24) is 4.98 Å². The number of pyridine rings is 1. The fraction of sp³-hybridized carbons (Fsp3) is 0.200. The minimum absolute atomic E-state index is 0.551.